The Morgan fingerprint density at radius 3 is 3.00 bits per heavy atom. The normalized spacial score (nSPS) is 12.6. The summed E-state index contributed by atoms with van der Waals surface area (Å²) in [7, 11) is 0. The molecule has 0 aliphatic heterocycles. The quantitative estimate of drug-likeness (QED) is 0.740. The van der Waals surface area contributed by atoms with E-state index in [2.05, 4.69) is 73.9 Å². The van der Waals surface area contributed by atoms with Crippen molar-refractivity contribution >= 4 is 49.9 Å². The maximum atomic E-state index is 4.34. The number of hydrogen-bond acceptors (Lipinski definition) is 3. The molecule has 2 aromatic rings. The molecule has 17 heavy (non-hydrogen) atoms. The van der Waals surface area contributed by atoms with Crippen molar-refractivity contribution in [2.75, 3.05) is 0 Å². The van der Waals surface area contributed by atoms with Crippen LogP contribution in [0.25, 0.3) is 0 Å². The highest BCUT2D eigenvalue weighted by atomic mass is 127. The lowest BCUT2D eigenvalue weighted by atomic mass is 10.1. The Labute approximate surface area is 127 Å². The van der Waals surface area contributed by atoms with Crippen LogP contribution >= 0.6 is 49.9 Å². The first-order valence-electron chi connectivity index (χ1n) is 5.24. The summed E-state index contributed by atoms with van der Waals surface area (Å²) in [6.07, 6.45) is 1.91. The van der Waals surface area contributed by atoms with Crippen LogP contribution in [0.2, 0.25) is 0 Å². The molecule has 0 unspecified atom stereocenters. The number of rotatable bonds is 4. The molecule has 5 heteroatoms. The zero-order valence-corrected chi connectivity index (χ0v) is 13.8. The van der Waals surface area contributed by atoms with E-state index in [0.717, 1.165) is 16.0 Å². The van der Waals surface area contributed by atoms with E-state index in [4.69, 9.17) is 0 Å². The molecule has 0 saturated heterocycles. The molecule has 2 rings (SSSR count). The van der Waals surface area contributed by atoms with Gasteiger partial charge in [0.05, 0.1) is 9.08 Å². The van der Waals surface area contributed by atoms with Crippen LogP contribution in [0.1, 0.15) is 23.5 Å². The fraction of sp³-hybridized carbons (Fsp3) is 0.250. The molecular weight excluding hydrogens is 411 g/mol. The minimum atomic E-state index is 0.328. The van der Waals surface area contributed by atoms with Crippen molar-refractivity contribution in [3.8, 4) is 0 Å². The lowest BCUT2D eigenvalue weighted by Crippen LogP contribution is -2.17. The highest BCUT2D eigenvalue weighted by Gasteiger charge is 2.06. The third-order valence-electron chi connectivity index (χ3n) is 2.43. The lowest BCUT2D eigenvalue weighted by Gasteiger charge is -2.13. The SMILES string of the molecule is C[C@H](NCc1ncc(I)s1)c1cccc(Br)c1. The number of thiazole rings is 1. The van der Waals surface area contributed by atoms with E-state index in [9.17, 15) is 0 Å². The second-order valence-electron chi connectivity index (χ2n) is 3.72. The van der Waals surface area contributed by atoms with Crippen LogP contribution in [0, 0.1) is 2.88 Å². The molecular formula is C12H12BrIN2S. The van der Waals surface area contributed by atoms with E-state index in [1.165, 1.54) is 8.45 Å². The average Bonchev–Trinajstić information content (AvgIpc) is 2.72. The second kappa shape index (κ2) is 6.26. The third-order valence-corrected chi connectivity index (χ3v) is 4.65. The molecule has 0 amide bonds. The summed E-state index contributed by atoms with van der Waals surface area (Å²) in [5.74, 6) is 0. The Morgan fingerprint density at radius 2 is 2.35 bits per heavy atom. The third kappa shape index (κ3) is 4.01. The summed E-state index contributed by atoms with van der Waals surface area (Å²) in [5, 5.41) is 4.61. The standard InChI is InChI=1S/C12H12BrIN2S/c1-8(9-3-2-4-10(13)5-9)15-7-12-16-6-11(14)17-12/h2-6,8,15H,7H2,1H3/t8-/m0/s1. The first kappa shape index (κ1) is 13.5. The van der Waals surface area contributed by atoms with Gasteiger partial charge in [0.25, 0.3) is 0 Å². The van der Waals surface area contributed by atoms with Gasteiger partial charge in [-0.15, -0.1) is 11.3 Å². The zero-order valence-electron chi connectivity index (χ0n) is 9.28. The van der Waals surface area contributed by atoms with Gasteiger partial charge >= 0.3 is 0 Å². The molecule has 1 atom stereocenters. The van der Waals surface area contributed by atoms with Crippen LogP contribution in [0.15, 0.2) is 34.9 Å². The minimum absolute atomic E-state index is 0.328. The van der Waals surface area contributed by atoms with Crippen molar-refractivity contribution in [2.45, 2.75) is 19.5 Å². The van der Waals surface area contributed by atoms with Crippen LogP contribution < -0.4 is 5.32 Å². The molecule has 1 N–H and O–H groups in total. The predicted octanol–water partition coefficient (Wildman–Crippen LogP) is 4.36. The first-order chi connectivity index (χ1) is 8.15. The molecule has 0 fully saturated rings. The fourth-order valence-electron chi connectivity index (χ4n) is 1.50. The number of halogens is 2. The maximum Gasteiger partial charge on any atom is 0.107 e. The highest BCUT2D eigenvalue weighted by Crippen LogP contribution is 2.19. The second-order valence-corrected chi connectivity index (χ2v) is 7.64. The summed E-state index contributed by atoms with van der Waals surface area (Å²) in [6.45, 7) is 2.99. The number of hydrogen-bond donors (Lipinski definition) is 1. The van der Waals surface area contributed by atoms with E-state index in [1.807, 2.05) is 12.3 Å². The van der Waals surface area contributed by atoms with Gasteiger partial charge < -0.3 is 5.32 Å². The van der Waals surface area contributed by atoms with E-state index in [1.54, 1.807) is 11.3 Å². The molecule has 0 radical (unpaired) electrons. The Hall–Kier alpha value is 0.0200. The van der Waals surface area contributed by atoms with Gasteiger partial charge in [-0.3, -0.25) is 0 Å². The minimum Gasteiger partial charge on any atom is -0.304 e. The summed E-state index contributed by atoms with van der Waals surface area (Å²) in [5.41, 5.74) is 1.28. The van der Waals surface area contributed by atoms with Crippen LogP contribution in [0.5, 0.6) is 0 Å². The van der Waals surface area contributed by atoms with Crippen molar-refractivity contribution in [1.82, 2.24) is 10.3 Å². The van der Waals surface area contributed by atoms with E-state index in [-0.39, 0.29) is 0 Å². The largest absolute Gasteiger partial charge is 0.304 e. The molecule has 1 aromatic heterocycles. The van der Waals surface area contributed by atoms with Crippen molar-refractivity contribution in [1.29, 1.82) is 0 Å². The number of benzene rings is 1. The van der Waals surface area contributed by atoms with Gasteiger partial charge in [-0.25, -0.2) is 4.98 Å². The molecule has 2 nitrogen and oxygen atoms in total. The first-order valence-corrected chi connectivity index (χ1v) is 7.93. The van der Waals surface area contributed by atoms with Crippen molar-refractivity contribution < 1.29 is 0 Å². The van der Waals surface area contributed by atoms with Gasteiger partial charge in [0.15, 0.2) is 0 Å². The van der Waals surface area contributed by atoms with E-state index in [0.29, 0.717) is 6.04 Å². The lowest BCUT2D eigenvalue weighted by molar-refractivity contribution is 0.573. The summed E-state index contributed by atoms with van der Waals surface area (Å²) in [4.78, 5) is 4.34. The van der Waals surface area contributed by atoms with Gasteiger partial charge in [0.2, 0.25) is 0 Å². The van der Waals surface area contributed by atoms with Gasteiger partial charge in [-0.05, 0) is 47.2 Å². The van der Waals surface area contributed by atoms with Crippen molar-refractivity contribution in [3.63, 3.8) is 0 Å². The van der Waals surface area contributed by atoms with E-state index >= 15 is 0 Å². The molecule has 1 aromatic carbocycles. The zero-order chi connectivity index (χ0) is 12.3. The summed E-state index contributed by atoms with van der Waals surface area (Å²) in [6, 6.07) is 8.70. The summed E-state index contributed by atoms with van der Waals surface area (Å²) < 4.78 is 2.35. The fourth-order valence-corrected chi connectivity index (χ4v) is 3.41. The van der Waals surface area contributed by atoms with Crippen molar-refractivity contribution in [3.05, 3.63) is 48.4 Å². The smallest absolute Gasteiger partial charge is 0.107 e. The number of nitrogens with one attached hydrogen (secondary N) is 1. The Morgan fingerprint density at radius 1 is 1.53 bits per heavy atom. The molecule has 0 bridgehead atoms. The molecule has 90 valence electrons. The van der Waals surface area contributed by atoms with Crippen LogP contribution in [-0.4, -0.2) is 4.98 Å². The Kier molecular flexibility index (Phi) is 4.96. The number of nitrogens with zero attached hydrogens (tertiary/aromatic N) is 1. The van der Waals surface area contributed by atoms with Gasteiger partial charge in [-0.2, -0.15) is 0 Å². The maximum absolute atomic E-state index is 4.34. The van der Waals surface area contributed by atoms with Crippen molar-refractivity contribution in [2.24, 2.45) is 0 Å². The Bertz CT molecular complexity index is 501. The monoisotopic (exact) mass is 422 g/mol. The van der Waals surface area contributed by atoms with Gasteiger partial charge in [-0.1, -0.05) is 28.1 Å². The van der Waals surface area contributed by atoms with Crippen LogP contribution in [-0.2, 0) is 6.54 Å². The molecule has 0 spiro atoms. The average molecular weight is 423 g/mol. The topological polar surface area (TPSA) is 24.9 Å². The number of aromatic nitrogens is 1. The Balaban J connectivity index is 1.95. The predicted molar refractivity (Wildman–Crippen MR) is 84.2 cm³/mol. The summed E-state index contributed by atoms with van der Waals surface area (Å²) >= 11 is 7.52. The highest BCUT2D eigenvalue weighted by molar-refractivity contribution is 14.1. The molecule has 0 aliphatic carbocycles. The van der Waals surface area contributed by atoms with Crippen LogP contribution in [0.4, 0.5) is 0 Å². The van der Waals surface area contributed by atoms with Gasteiger partial charge in [0, 0.05) is 17.1 Å². The van der Waals surface area contributed by atoms with Crippen LogP contribution in [0.3, 0.4) is 0 Å². The molecule has 0 aliphatic rings. The molecule has 0 saturated carbocycles. The van der Waals surface area contributed by atoms with Gasteiger partial charge in [0.1, 0.15) is 5.01 Å². The molecule has 1 heterocycles. The van der Waals surface area contributed by atoms with E-state index < -0.39 is 0 Å².